The summed E-state index contributed by atoms with van der Waals surface area (Å²) in [6.07, 6.45) is 9.44. The molecule has 4 rings (SSSR count). The number of thiol groups is 1. The molecule has 1 aliphatic rings. The Balaban J connectivity index is 1.52. The lowest BCUT2D eigenvalue weighted by Gasteiger charge is -2.17. The molecule has 1 aromatic carbocycles. The van der Waals surface area contributed by atoms with Crippen LogP contribution in [0.3, 0.4) is 0 Å². The third-order valence-corrected chi connectivity index (χ3v) is 4.75. The van der Waals surface area contributed by atoms with E-state index in [9.17, 15) is 4.79 Å². The maximum Gasteiger partial charge on any atom is 0.251 e. The smallest absolute Gasteiger partial charge is 0.251 e. The fourth-order valence-electron chi connectivity index (χ4n) is 3.02. The van der Waals surface area contributed by atoms with E-state index in [0.717, 1.165) is 28.3 Å². The lowest BCUT2D eigenvalue weighted by atomic mass is 10.1. The van der Waals surface area contributed by atoms with Gasteiger partial charge in [0.05, 0.1) is 29.8 Å². The summed E-state index contributed by atoms with van der Waals surface area (Å²) in [7, 11) is 0. The first-order valence-electron chi connectivity index (χ1n) is 8.74. The Bertz CT molecular complexity index is 1130. The third kappa shape index (κ3) is 3.52. The minimum atomic E-state index is -0.157. The van der Waals surface area contributed by atoms with Crippen molar-refractivity contribution in [2.75, 3.05) is 5.32 Å². The number of carbonyl (C=O) groups excluding carboxylic acids is 1. The first kappa shape index (κ1) is 17.9. The summed E-state index contributed by atoms with van der Waals surface area (Å²) in [6, 6.07) is 11.3. The number of allylic oxidation sites excluding steroid dienone is 2. The van der Waals surface area contributed by atoms with Gasteiger partial charge in [-0.05, 0) is 35.9 Å². The molecule has 0 radical (unpaired) electrons. The van der Waals surface area contributed by atoms with Gasteiger partial charge in [-0.15, -0.1) is 0 Å². The molecule has 2 aromatic heterocycles. The number of hydrogen-bond acceptors (Lipinski definition) is 5. The van der Waals surface area contributed by atoms with Crippen LogP contribution >= 0.6 is 12.8 Å². The van der Waals surface area contributed by atoms with Crippen molar-refractivity contribution in [1.82, 2.24) is 19.4 Å². The molecule has 28 heavy (non-hydrogen) atoms. The molecular weight excluding hydrogens is 370 g/mol. The molecule has 0 saturated heterocycles. The van der Waals surface area contributed by atoms with Crippen molar-refractivity contribution in [3.05, 3.63) is 95.7 Å². The number of amides is 1. The summed E-state index contributed by atoms with van der Waals surface area (Å²) >= 11 is 4.09. The second-order valence-electron chi connectivity index (χ2n) is 6.32. The average Bonchev–Trinajstić information content (AvgIpc) is 3.12. The van der Waals surface area contributed by atoms with Gasteiger partial charge in [0.15, 0.2) is 0 Å². The fourth-order valence-corrected chi connectivity index (χ4v) is 3.23. The highest BCUT2D eigenvalue weighted by atomic mass is 32.1. The van der Waals surface area contributed by atoms with E-state index >= 15 is 0 Å². The van der Waals surface area contributed by atoms with E-state index in [1.807, 2.05) is 59.2 Å². The van der Waals surface area contributed by atoms with Crippen molar-refractivity contribution >= 4 is 36.1 Å². The number of carbonyl (C=O) groups is 1. The molecule has 0 bridgehead atoms. The minimum Gasteiger partial charge on any atom is -0.354 e. The Hall–Kier alpha value is -3.45. The van der Waals surface area contributed by atoms with Crippen LogP contribution in [0.25, 0.3) is 11.7 Å². The van der Waals surface area contributed by atoms with Crippen molar-refractivity contribution in [2.24, 2.45) is 0 Å². The van der Waals surface area contributed by atoms with Gasteiger partial charge in [0.2, 0.25) is 0 Å². The van der Waals surface area contributed by atoms with Crippen molar-refractivity contribution in [2.45, 2.75) is 6.54 Å². The lowest BCUT2D eigenvalue weighted by molar-refractivity contribution is 0.0950. The van der Waals surface area contributed by atoms with Crippen LogP contribution in [0.5, 0.6) is 0 Å². The van der Waals surface area contributed by atoms with Crippen LogP contribution in [0.4, 0.5) is 5.69 Å². The second-order valence-corrected chi connectivity index (χ2v) is 6.54. The molecule has 0 unspecified atom stereocenters. The van der Waals surface area contributed by atoms with Crippen LogP contribution in [0, 0.1) is 0 Å². The molecule has 0 fully saturated rings. The summed E-state index contributed by atoms with van der Waals surface area (Å²) in [6.45, 7) is 4.39. The van der Waals surface area contributed by atoms with E-state index in [2.05, 4.69) is 39.7 Å². The average molecular weight is 389 g/mol. The summed E-state index contributed by atoms with van der Waals surface area (Å²) in [5, 5.41) is 6.19. The number of aromatic nitrogens is 2. The molecule has 3 heterocycles. The fraction of sp³-hybridized carbons (Fsp3) is 0.0476. The summed E-state index contributed by atoms with van der Waals surface area (Å²) in [5.41, 5.74) is 5.53. The molecule has 0 aliphatic carbocycles. The molecule has 0 atom stereocenters. The Labute approximate surface area is 168 Å². The Morgan fingerprint density at radius 3 is 3.04 bits per heavy atom. The second kappa shape index (κ2) is 7.66. The van der Waals surface area contributed by atoms with Gasteiger partial charge in [-0.2, -0.15) is 0 Å². The highest BCUT2D eigenvalue weighted by Crippen LogP contribution is 2.24. The summed E-state index contributed by atoms with van der Waals surface area (Å²) < 4.78 is 4.75. The van der Waals surface area contributed by atoms with Crippen LogP contribution in [0.15, 0.2) is 78.9 Å². The van der Waals surface area contributed by atoms with Crippen molar-refractivity contribution < 1.29 is 4.79 Å². The number of nitrogens with zero attached hydrogens (tertiary/aromatic N) is 2. The highest BCUT2D eigenvalue weighted by Gasteiger charge is 2.12. The molecule has 140 valence electrons. The topological polar surface area (TPSA) is 70.5 Å². The van der Waals surface area contributed by atoms with Gasteiger partial charge in [-0.1, -0.05) is 43.7 Å². The number of imidazole rings is 1. The Morgan fingerprint density at radius 2 is 2.18 bits per heavy atom. The summed E-state index contributed by atoms with van der Waals surface area (Å²) in [4.78, 5) is 17.0. The third-order valence-electron chi connectivity index (χ3n) is 4.51. The van der Waals surface area contributed by atoms with Gasteiger partial charge in [-0.25, -0.2) is 4.98 Å². The molecule has 0 saturated carbocycles. The number of benzene rings is 1. The van der Waals surface area contributed by atoms with E-state index in [4.69, 9.17) is 0 Å². The number of pyridine rings is 1. The van der Waals surface area contributed by atoms with Gasteiger partial charge in [0, 0.05) is 17.4 Å². The van der Waals surface area contributed by atoms with Crippen LogP contribution in [0.2, 0.25) is 0 Å². The van der Waals surface area contributed by atoms with Crippen molar-refractivity contribution in [3.8, 4) is 0 Å². The number of hydrogen-bond donors (Lipinski definition) is 4. The number of nitrogens with one attached hydrogen (secondary N) is 3. The Morgan fingerprint density at radius 1 is 1.29 bits per heavy atom. The molecular formula is C21H19N5OS. The zero-order valence-corrected chi connectivity index (χ0v) is 15.9. The van der Waals surface area contributed by atoms with E-state index < -0.39 is 0 Å². The molecule has 3 N–H and O–H groups in total. The number of rotatable bonds is 4. The van der Waals surface area contributed by atoms with Gasteiger partial charge < -0.3 is 19.8 Å². The van der Waals surface area contributed by atoms with Crippen LogP contribution in [-0.2, 0) is 6.54 Å². The molecule has 1 amide bonds. The lowest BCUT2D eigenvalue weighted by Crippen LogP contribution is -2.23. The van der Waals surface area contributed by atoms with Crippen molar-refractivity contribution in [3.63, 3.8) is 0 Å². The minimum absolute atomic E-state index is 0.157. The highest BCUT2D eigenvalue weighted by molar-refractivity contribution is 7.78. The zero-order chi connectivity index (χ0) is 19.5. The van der Waals surface area contributed by atoms with E-state index in [1.54, 1.807) is 12.3 Å². The van der Waals surface area contributed by atoms with E-state index in [1.165, 1.54) is 0 Å². The number of anilines is 1. The SMILES string of the molecule is C=C1Nc2cc(C(=O)NCc3cnc4ccccn34)ccc2/C=C\C=C\1NS. The number of fused-ring (bicyclic) bond motifs is 2. The first-order chi connectivity index (χ1) is 13.7. The van der Waals surface area contributed by atoms with E-state index in [-0.39, 0.29) is 5.91 Å². The predicted molar refractivity (Wildman–Crippen MR) is 115 cm³/mol. The van der Waals surface area contributed by atoms with Gasteiger partial charge in [-0.3, -0.25) is 4.79 Å². The normalized spacial score (nSPS) is 16.2. The van der Waals surface area contributed by atoms with E-state index in [0.29, 0.717) is 17.8 Å². The van der Waals surface area contributed by atoms with Crippen molar-refractivity contribution in [1.29, 1.82) is 0 Å². The summed E-state index contributed by atoms with van der Waals surface area (Å²) in [5.74, 6) is -0.157. The molecule has 1 aliphatic heterocycles. The van der Waals surface area contributed by atoms with Crippen LogP contribution < -0.4 is 15.4 Å². The predicted octanol–water partition coefficient (Wildman–Crippen LogP) is 3.54. The van der Waals surface area contributed by atoms with Crippen LogP contribution in [-0.4, -0.2) is 15.3 Å². The molecule has 6 nitrogen and oxygen atoms in total. The standard InChI is InChI=1S/C21H19N5OS/c1-14-18(25-28)6-4-5-15-8-9-16(11-19(15)24-14)21(27)23-13-17-12-22-20-7-2-3-10-26(17)20/h2-12,24-25,28H,1,13H2,(H,23,27)/b5-4-,18-6-. The first-order valence-corrected chi connectivity index (χ1v) is 9.18. The molecule has 0 spiro atoms. The van der Waals surface area contributed by atoms with Crippen LogP contribution in [0.1, 0.15) is 21.6 Å². The van der Waals surface area contributed by atoms with Gasteiger partial charge in [0.25, 0.3) is 5.91 Å². The Kier molecular flexibility index (Phi) is 4.90. The largest absolute Gasteiger partial charge is 0.354 e. The maximum absolute atomic E-state index is 12.7. The quantitative estimate of drug-likeness (QED) is 0.515. The van der Waals surface area contributed by atoms with Gasteiger partial charge in [0.1, 0.15) is 5.65 Å². The van der Waals surface area contributed by atoms with Gasteiger partial charge >= 0.3 is 0 Å². The molecule has 7 heteroatoms. The monoisotopic (exact) mass is 389 g/mol. The zero-order valence-electron chi connectivity index (χ0n) is 15.0. The molecule has 3 aromatic rings. The maximum atomic E-state index is 12.7.